The zero-order valence-electron chi connectivity index (χ0n) is 10.7. The Morgan fingerprint density at radius 1 is 1.26 bits per heavy atom. The van der Waals surface area contributed by atoms with Gasteiger partial charge in [0.25, 0.3) is 0 Å². The highest BCUT2D eigenvalue weighted by molar-refractivity contribution is 6.13. The molecule has 5 heteroatoms. The number of aromatic nitrogens is 2. The summed E-state index contributed by atoms with van der Waals surface area (Å²) in [7, 11) is 0. The van der Waals surface area contributed by atoms with Crippen LogP contribution in [-0.2, 0) is 4.79 Å². The summed E-state index contributed by atoms with van der Waals surface area (Å²) < 4.78 is 0. The van der Waals surface area contributed by atoms with Crippen molar-refractivity contribution < 1.29 is 9.90 Å². The monoisotopic (exact) mass is 255 g/mol. The number of rotatable bonds is 3. The topological polar surface area (TPSA) is 75.4 Å². The van der Waals surface area contributed by atoms with E-state index in [9.17, 15) is 9.90 Å². The van der Waals surface area contributed by atoms with Crippen LogP contribution < -0.4 is 0 Å². The molecule has 19 heavy (non-hydrogen) atoms. The molecule has 0 amide bonds. The first kappa shape index (κ1) is 12.9. The van der Waals surface area contributed by atoms with Gasteiger partial charge in [0.1, 0.15) is 11.3 Å². The first-order valence-corrected chi connectivity index (χ1v) is 5.74. The highest BCUT2D eigenvalue weighted by Gasteiger charge is 2.06. The third-order valence-electron chi connectivity index (χ3n) is 2.58. The van der Waals surface area contributed by atoms with Gasteiger partial charge in [-0.3, -0.25) is 19.8 Å². The molecule has 5 nitrogen and oxygen atoms in total. The van der Waals surface area contributed by atoms with Gasteiger partial charge in [0, 0.05) is 18.6 Å². The first-order chi connectivity index (χ1) is 9.09. The van der Waals surface area contributed by atoms with E-state index in [1.165, 1.54) is 20.1 Å². The van der Waals surface area contributed by atoms with Crippen LogP contribution in [0.1, 0.15) is 13.8 Å². The molecule has 0 unspecified atom stereocenters. The average Bonchev–Trinajstić information content (AvgIpc) is 2.38. The van der Waals surface area contributed by atoms with Crippen molar-refractivity contribution >= 4 is 28.7 Å². The molecule has 1 N–H and O–H groups in total. The van der Waals surface area contributed by atoms with Crippen LogP contribution in [-0.4, -0.2) is 27.1 Å². The van der Waals surface area contributed by atoms with Gasteiger partial charge in [0.15, 0.2) is 5.78 Å². The second kappa shape index (κ2) is 5.39. The summed E-state index contributed by atoms with van der Waals surface area (Å²) in [5, 5.41) is 9.41. The number of fused-ring (bicyclic) bond motifs is 1. The van der Waals surface area contributed by atoms with E-state index >= 15 is 0 Å². The number of benzene rings is 1. The first-order valence-electron chi connectivity index (χ1n) is 5.74. The fraction of sp³-hybridized carbons (Fsp3) is 0.143. The molecule has 1 aromatic carbocycles. The number of aliphatic hydroxyl groups is 1. The lowest BCUT2D eigenvalue weighted by Gasteiger charge is -2.01. The lowest BCUT2D eigenvalue weighted by atomic mass is 10.2. The summed E-state index contributed by atoms with van der Waals surface area (Å²) in [4.78, 5) is 23.9. The largest absolute Gasteiger partial charge is 0.512 e. The van der Waals surface area contributed by atoms with Crippen LogP contribution in [0.3, 0.4) is 0 Å². The molecule has 1 heterocycles. The molecule has 0 saturated carbocycles. The maximum absolute atomic E-state index is 11.3. The maximum Gasteiger partial charge on any atom is 0.164 e. The molecule has 0 atom stereocenters. The number of aliphatic hydroxyl groups excluding tert-OH is 1. The lowest BCUT2D eigenvalue weighted by molar-refractivity contribution is -0.113. The van der Waals surface area contributed by atoms with Crippen LogP contribution >= 0.6 is 0 Å². The summed E-state index contributed by atoms with van der Waals surface area (Å²) in [6.45, 7) is 2.83. The highest BCUT2D eigenvalue weighted by atomic mass is 16.3. The molecule has 0 aliphatic carbocycles. The van der Waals surface area contributed by atoms with Crippen molar-refractivity contribution in [2.24, 2.45) is 4.99 Å². The predicted octanol–water partition coefficient (Wildman–Crippen LogP) is 2.75. The number of aliphatic imine (C=N–C) groups is 1. The van der Waals surface area contributed by atoms with Crippen LogP contribution in [0.4, 0.5) is 5.69 Å². The van der Waals surface area contributed by atoms with Gasteiger partial charge in [-0.25, -0.2) is 0 Å². The predicted molar refractivity (Wildman–Crippen MR) is 73.7 cm³/mol. The van der Waals surface area contributed by atoms with E-state index in [2.05, 4.69) is 15.0 Å². The number of hydrogen-bond donors (Lipinski definition) is 1. The van der Waals surface area contributed by atoms with Gasteiger partial charge < -0.3 is 5.11 Å². The molecular formula is C14H13N3O2. The fourth-order valence-corrected chi connectivity index (χ4v) is 1.65. The molecular weight excluding hydrogens is 242 g/mol. The molecule has 0 bridgehead atoms. The minimum absolute atomic E-state index is 0.0532. The van der Waals surface area contributed by atoms with E-state index < -0.39 is 0 Å². The molecule has 0 radical (unpaired) electrons. The normalized spacial score (nSPS) is 12.7. The summed E-state index contributed by atoms with van der Waals surface area (Å²) in [6.07, 6.45) is 4.54. The Morgan fingerprint density at radius 2 is 2.00 bits per heavy atom. The quantitative estimate of drug-likeness (QED) is 0.520. The highest BCUT2D eigenvalue weighted by Crippen LogP contribution is 2.21. The van der Waals surface area contributed by atoms with Crippen LogP contribution in [0, 0.1) is 0 Å². The van der Waals surface area contributed by atoms with Crippen LogP contribution in [0.5, 0.6) is 0 Å². The number of carbonyl (C=O) groups is 1. The number of ketones is 1. The smallest absolute Gasteiger partial charge is 0.164 e. The van der Waals surface area contributed by atoms with Gasteiger partial charge in [-0.15, -0.1) is 0 Å². The van der Waals surface area contributed by atoms with E-state index in [-0.39, 0.29) is 17.1 Å². The Hall–Kier alpha value is -2.56. The third-order valence-corrected chi connectivity index (χ3v) is 2.58. The minimum Gasteiger partial charge on any atom is -0.512 e. The average molecular weight is 255 g/mol. The van der Waals surface area contributed by atoms with Crippen molar-refractivity contribution in [1.29, 1.82) is 0 Å². The Bertz CT molecular complexity index is 681. The van der Waals surface area contributed by atoms with E-state index in [1.54, 1.807) is 18.5 Å². The number of allylic oxidation sites excluding steroid dienone is 2. The zero-order chi connectivity index (χ0) is 13.8. The number of carbonyl (C=O) groups excluding carboxylic acids is 1. The van der Waals surface area contributed by atoms with Gasteiger partial charge in [-0.1, -0.05) is 6.07 Å². The molecule has 96 valence electrons. The SMILES string of the molecule is CC(=O)/C(C=Nc1cccc2nccnc12)=C(\C)O. The van der Waals surface area contributed by atoms with Gasteiger partial charge in [0.05, 0.1) is 16.8 Å². The van der Waals surface area contributed by atoms with Crippen LogP contribution in [0.15, 0.2) is 46.9 Å². The molecule has 2 rings (SSSR count). The molecule has 0 saturated heterocycles. The summed E-state index contributed by atoms with van der Waals surface area (Å²) in [6, 6.07) is 5.42. The summed E-state index contributed by atoms with van der Waals surface area (Å²) >= 11 is 0. The number of hydrogen-bond acceptors (Lipinski definition) is 5. The van der Waals surface area contributed by atoms with Gasteiger partial charge >= 0.3 is 0 Å². The Kier molecular flexibility index (Phi) is 3.66. The Morgan fingerprint density at radius 3 is 2.68 bits per heavy atom. The van der Waals surface area contributed by atoms with E-state index in [1.807, 2.05) is 12.1 Å². The van der Waals surface area contributed by atoms with E-state index in [0.717, 1.165) is 5.52 Å². The van der Waals surface area contributed by atoms with Crippen LogP contribution in [0.25, 0.3) is 11.0 Å². The van der Waals surface area contributed by atoms with Crippen molar-refractivity contribution in [1.82, 2.24) is 9.97 Å². The van der Waals surface area contributed by atoms with Crippen molar-refractivity contribution in [2.75, 3.05) is 0 Å². The second-order valence-electron chi connectivity index (χ2n) is 4.01. The molecule has 1 aromatic heterocycles. The third kappa shape index (κ3) is 2.82. The number of Topliss-reactive ketones (excluding diaryl/α,β-unsaturated/α-hetero) is 1. The van der Waals surface area contributed by atoms with Gasteiger partial charge in [0.2, 0.25) is 0 Å². The minimum atomic E-state index is -0.241. The lowest BCUT2D eigenvalue weighted by Crippen LogP contribution is -2.01. The maximum atomic E-state index is 11.3. The molecule has 0 spiro atoms. The second-order valence-corrected chi connectivity index (χ2v) is 4.01. The fourth-order valence-electron chi connectivity index (χ4n) is 1.65. The molecule has 2 aromatic rings. The Balaban J connectivity index is 2.47. The molecule has 0 fully saturated rings. The van der Waals surface area contributed by atoms with Crippen molar-refractivity contribution in [2.45, 2.75) is 13.8 Å². The number of para-hydroxylation sites is 1. The molecule has 0 aliphatic rings. The number of nitrogens with zero attached hydrogens (tertiary/aromatic N) is 3. The van der Waals surface area contributed by atoms with Crippen LogP contribution in [0.2, 0.25) is 0 Å². The van der Waals surface area contributed by atoms with E-state index in [4.69, 9.17) is 0 Å². The van der Waals surface area contributed by atoms with Gasteiger partial charge in [-0.05, 0) is 26.0 Å². The van der Waals surface area contributed by atoms with E-state index in [0.29, 0.717) is 11.2 Å². The Labute approximate surface area is 110 Å². The van der Waals surface area contributed by atoms with Crippen molar-refractivity contribution in [3.8, 4) is 0 Å². The van der Waals surface area contributed by atoms with Gasteiger partial charge in [-0.2, -0.15) is 0 Å². The van der Waals surface area contributed by atoms with Crippen molar-refractivity contribution in [3.05, 3.63) is 41.9 Å². The zero-order valence-corrected chi connectivity index (χ0v) is 10.7. The summed E-state index contributed by atoms with van der Waals surface area (Å²) in [5.74, 6) is -0.294. The molecule has 0 aliphatic heterocycles. The standard InChI is InChI=1S/C14H13N3O2/c1-9(18)11(10(2)19)8-17-13-5-3-4-12-14(13)16-7-6-15-12/h3-8,18H,1-2H3/b11-9+,17-8?. The summed E-state index contributed by atoms with van der Waals surface area (Å²) in [5.41, 5.74) is 2.16. The van der Waals surface area contributed by atoms with Crippen molar-refractivity contribution in [3.63, 3.8) is 0 Å².